The van der Waals surface area contributed by atoms with Gasteiger partial charge < -0.3 is 14.7 Å². The standard InChI is InChI=1S/C22H29N5O/c1-17-7-6-8-19(15-17)21(28)26-11-13-27(14-12-26)22-23-18(2)16-20(24-22)25-9-4-3-5-10-25/h6-8,15-16H,3-5,9-14H2,1-2H3. The van der Waals surface area contributed by atoms with E-state index in [9.17, 15) is 4.79 Å². The summed E-state index contributed by atoms with van der Waals surface area (Å²) in [7, 11) is 0. The average Bonchev–Trinajstić information content (AvgIpc) is 2.73. The fourth-order valence-electron chi connectivity index (χ4n) is 4.03. The number of aryl methyl sites for hydroxylation is 2. The minimum Gasteiger partial charge on any atom is -0.356 e. The molecule has 2 aromatic rings. The number of anilines is 2. The summed E-state index contributed by atoms with van der Waals surface area (Å²) in [6.45, 7) is 9.14. The molecule has 1 aromatic heterocycles. The smallest absolute Gasteiger partial charge is 0.253 e. The Morgan fingerprint density at radius 2 is 1.61 bits per heavy atom. The first-order chi connectivity index (χ1) is 13.6. The third-order valence-corrected chi connectivity index (χ3v) is 5.62. The molecule has 3 heterocycles. The maximum absolute atomic E-state index is 12.8. The van der Waals surface area contributed by atoms with Gasteiger partial charge in [0.15, 0.2) is 0 Å². The second kappa shape index (κ2) is 8.17. The topological polar surface area (TPSA) is 52.6 Å². The van der Waals surface area contributed by atoms with Crippen LogP contribution in [0.4, 0.5) is 11.8 Å². The van der Waals surface area contributed by atoms with Crippen LogP contribution >= 0.6 is 0 Å². The van der Waals surface area contributed by atoms with E-state index in [2.05, 4.69) is 20.9 Å². The van der Waals surface area contributed by atoms with Crippen molar-refractivity contribution in [3.63, 3.8) is 0 Å². The zero-order valence-corrected chi connectivity index (χ0v) is 16.9. The van der Waals surface area contributed by atoms with Crippen LogP contribution in [-0.2, 0) is 0 Å². The Kier molecular flexibility index (Phi) is 5.46. The Bertz CT molecular complexity index is 839. The fourth-order valence-corrected chi connectivity index (χ4v) is 4.03. The summed E-state index contributed by atoms with van der Waals surface area (Å²) in [6, 6.07) is 9.91. The molecule has 2 fully saturated rings. The third kappa shape index (κ3) is 4.11. The molecule has 0 saturated carbocycles. The highest BCUT2D eigenvalue weighted by Crippen LogP contribution is 2.22. The highest BCUT2D eigenvalue weighted by molar-refractivity contribution is 5.94. The van der Waals surface area contributed by atoms with E-state index in [1.807, 2.05) is 43.0 Å². The molecule has 1 aromatic carbocycles. The highest BCUT2D eigenvalue weighted by atomic mass is 16.2. The van der Waals surface area contributed by atoms with E-state index in [0.717, 1.165) is 54.8 Å². The van der Waals surface area contributed by atoms with Crippen LogP contribution in [-0.4, -0.2) is 60.0 Å². The Morgan fingerprint density at radius 1 is 0.857 bits per heavy atom. The number of piperidine rings is 1. The minimum absolute atomic E-state index is 0.113. The molecule has 1 amide bonds. The van der Waals surface area contributed by atoms with Gasteiger partial charge in [-0.1, -0.05) is 17.7 Å². The van der Waals surface area contributed by atoms with Gasteiger partial charge in [0.05, 0.1) is 0 Å². The van der Waals surface area contributed by atoms with Gasteiger partial charge in [-0.05, 0) is 45.2 Å². The van der Waals surface area contributed by atoms with Gasteiger partial charge >= 0.3 is 0 Å². The number of carbonyl (C=O) groups excluding carboxylic acids is 1. The van der Waals surface area contributed by atoms with Gasteiger partial charge in [0.25, 0.3) is 5.91 Å². The van der Waals surface area contributed by atoms with Gasteiger partial charge in [0.2, 0.25) is 5.95 Å². The van der Waals surface area contributed by atoms with Crippen LogP contribution in [0.15, 0.2) is 30.3 Å². The molecular formula is C22H29N5O. The first kappa shape index (κ1) is 18.7. The number of benzene rings is 1. The molecule has 6 nitrogen and oxygen atoms in total. The number of piperazine rings is 1. The molecule has 2 aliphatic heterocycles. The lowest BCUT2D eigenvalue weighted by Gasteiger charge is -2.35. The number of hydrogen-bond donors (Lipinski definition) is 0. The van der Waals surface area contributed by atoms with E-state index in [0.29, 0.717) is 13.1 Å². The lowest BCUT2D eigenvalue weighted by atomic mass is 10.1. The first-order valence-corrected chi connectivity index (χ1v) is 10.3. The third-order valence-electron chi connectivity index (χ3n) is 5.62. The first-order valence-electron chi connectivity index (χ1n) is 10.3. The molecule has 0 bridgehead atoms. The van der Waals surface area contributed by atoms with E-state index < -0.39 is 0 Å². The lowest BCUT2D eigenvalue weighted by molar-refractivity contribution is 0.0746. The van der Waals surface area contributed by atoms with Crippen LogP contribution < -0.4 is 9.80 Å². The summed E-state index contributed by atoms with van der Waals surface area (Å²) < 4.78 is 0. The second-order valence-corrected chi connectivity index (χ2v) is 7.86. The molecule has 0 radical (unpaired) electrons. The summed E-state index contributed by atoms with van der Waals surface area (Å²) in [5.41, 5.74) is 2.89. The minimum atomic E-state index is 0.113. The number of hydrogen-bond acceptors (Lipinski definition) is 5. The highest BCUT2D eigenvalue weighted by Gasteiger charge is 2.24. The Balaban J connectivity index is 1.43. The van der Waals surface area contributed by atoms with Gasteiger partial charge in [0, 0.05) is 56.6 Å². The molecule has 2 saturated heterocycles. The van der Waals surface area contributed by atoms with E-state index >= 15 is 0 Å². The van der Waals surface area contributed by atoms with Crippen LogP contribution in [0.25, 0.3) is 0 Å². The maximum atomic E-state index is 12.8. The average molecular weight is 380 g/mol. The maximum Gasteiger partial charge on any atom is 0.253 e. The Morgan fingerprint density at radius 3 is 2.32 bits per heavy atom. The molecule has 4 rings (SSSR count). The summed E-state index contributed by atoms with van der Waals surface area (Å²) in [4.78, 5) is 28.8. The lowest BCUT2D eigenvalue weighted by Crippen LogP contribution is -2.49. The molecular weight excluding hydrogens is 350 g/mol. The van der Waals surface area contributed by atoms with Crippen molar-refractivity contribution in [2.45, 2.75) is 33.1 Å². The van der Waals surface area contributed by atoms with Gasteiger partial charge in [-0.2, -0.15) is 4.98 Å². The second-order valence-electron chi connectivity index (χ2n) is 7.86. The molecule has 0 atom stereocenters. The van der Waals surface area contributed by atoms with Crippen molar-refractivity contribution in [2.75, 3.05) is 49.1 Å². The molecule has 148 valence electrons. The molecule has 28 heavy (non-hydrogen) atoms. The van der Waals surface area contributed by atoms with Crippen LogP contribution in [0.5, 0.6) is 0 Å². The van der Waals surface area contributed by atoms with Crippen molar-refractivity contribution >= 4 is 17.7 Å². The van der Waals surface area contributed by atoms with E-state index in [1.165, 1.54) is 19.3 Å². The van der Waals surface area contributed by atoms with Crippen molar-refractivity contribution in [3.05, 3.63) is 47.2 Å². The van der Waals surface area contributed by atoms with E-state index in [1.54, 1.807) is 0 Å². The van der Waals surface area contributed by atoms with Crippen LogP contribution in [0.1, 0.15) is 40.9 Å². The van der Waals surface area contributed by atoms with Gasteiger partial charge in [-0.15, -0.1) is 0 Å². The number of nitrogens with zero attached hydrogens (tertiary/aromatic N) is 5. The Hall–Kier alpha value is -2.63. The molecule has 6 heteroatoms. The fraction of sp³-hybridized carbons (Fsp3) is 0.500. The summed E-state index contributed by atoms with van der Waals surface area (Å²) in [6.07, 6.45) is 3.78. The van der Waals surface area contributed by atoms with Crippen molar-refractivity contribution in [1.82, 2.24) is 14.9 Å². The van der Waals surface area contributed by atoms with Crippen molar-refractivity contribution < 1.29 is 4.79 Å². The predicted molar refractivity (Wildman–Crippen MR) is 112 cm³/mol. The molecule has 0 N–H and O–H groups in total. The van der Waals surface area contributed by atoms with Gasteiger partial charge in [0.1, 0.15) is 5.82 Å². The van der Waals surface area contributed by atoms with Crippen molar-refractivity contribution in [2.24, 2.45) is 0 Å². The molecule has 0 aliphatic carbocycles. The van der Waals surface area contributed by atoms with Gasteiger partial charge in [-0.3, -0.25) is 4.79 Å². The zero-order chi connectivity index (χ0) is 19.5. The predicted octanol–water partition coefficient (Wildman–Crippen LogP) is 3.05. The van der Waals surface area contributed by atoms with Crippen LogP contribution in [0, 0.1) is 13.8 Å². The summed E-state index contributed by atoms with van der Waals surface area (Å²) in [5.74, 6) is 1.95. The summed E-state index contributed by atoms with van der Waals surface area (Å²) >= 11 is 0. The zero-order valence-electron chi connectivity index (χ0n) is 16.9. The number of rotatable bonds is 3. The Labute approximate surface area is 167 Å². The van der Waals surface area contributed by atoms with Crippen LogP contribution in [0.3, 0.4) is 0 Å². The quantitative estimate of drug-likeness (QED) is 0.820. The molecule has 0 unspecified atom stereocenters. The summed E-state index contributed by atoms with van der Waals surface area (Å²) in [5, 5.41) is 0. The van der Waals surface area contributed by atoms with Gasteiger partial charge in [-0.25, -0.2) is 4.98 Å². The SMILES string of the molecule is Cc1cccc(C(=O)N2CCN(c3nc(C)cc(N4CCCCC4)n3)CC2)c1. The largest absolute Gasteiger partial charge is 0.356 e. The van der Waals surface area contributed by atoms with Crippen molar-refractivity contribution in [3.8, 4) is 0 Å². The monoisotopic (exact) mass is 379 g/mol. The molecule has 0 spiro atoms. The normalized spacial score (nSPS) is 17.7. The van der Waals surface area contributed by atoms with E-state index in [4.69, 9.17) is 4.98 Å². The van der Waals surface area contributed by atoms with Crippen LogP contribution in [0.2, 0.25) is 0 Å². The van der Waals surface area contributed by atoms with Crippen molar-refractivity contribution in [1.29, 1.82) is 0 Å². The number of amides is 1. The van der Waals surface area contributed by atoms with E-state index in [-0.39, 0.29) is 5.91 Å². The molecule has 2 aliphatic rings. The number of aromatic nitrogens is 2. The number of carbonyl (C=O) groups is 1.